The topological polar surface area (TPSA) is 56.1 Å². The summed E-state index contributed by atoms with van der Waals surface area (Å²) in [5, 5.41) is 3.67. The lowest BCUT2D eigenvalue weighted by Gasteiger charge is -2.15. The minimum atomic E-state index is -0.434. The summed E-state index contributed by atoms with van der Waals surface area (Å²) in [5.74, 6) is 0.591. The first-order valence-electron chi connectivity index (χ1n) is 7.38. The summed E-state index contributed by atoms with van der Waals surface area (Å²) < 4.78 is 6.92. The van der Waals surface area contributed by atoms with Gasteiger partial charge in [0, 0.05) is 0 Å². The Kier molecular flexibility index (Phi) is 4.82. The number of halogens is 1. The average Bonchev–Trinajstić information content (AvgIpc) is 2.60. The van der Waals surface area contributed by atoms with Gasteiger partial charge in [0.05, 0.1) is 30.6 Å². The first kappa shape index (κ1) is 16.1. The molecular weight excluding hydrogens is 326 g/mol. The van der Waals surface area contributed by atoms with E-state index in [1.54, 1.807) is 12.3 Å². The molecule has 0 saturated carbocycles. The molecule has 1 heterocycles. The highest BCUT2D eigenvalue weighted by Gasteiger charge is 2.11. The van der Waals surface area contributed by atoms with Gasteiger partial charge in [0.2, 0.25) is 11.7 Å². The van der Waals surface area contributed by atoms with E-state index in [2.05, 4.69) is 10.3 Å². The monoisotopic (exact) mass is 341 g/mol. The van der Waals surface area contributed by atoms with Crippen LogP contribution >= 0.6 is 11.6 Å². The molecule has 5 nitrogen and oxygen atoms in total. The van der Waals surface area contributed by atoms with E-state index in [-0.39, 0.29) is 5.75 Å². The number of benzene rings is 2. The molecule has 0 radical (unpaired) electrons. The van der Waals surface area contributed by atoms with Gasteiger partial charge in [-0.2, -0.15) is 4.98 Å². The van der Waals surface area contributed by atoms with Gasteiger partial charge >= 0.3 is 5.56 Å². The predicted octanol–water partition coefficient (Wildman–Crippen LogP) is 3.70. The second-order valence-corrected chi connectivity index (χ2v) is 5.56. The Labute approximate surface area is 144 Å². The molecule has 0 aliphatic carbocycles. The SMILES string of the molecule is COc1cn(Cc2ccccc2)c(Nc2ccccc2Cl)nc1=O. The largest absolute Gasteiger partial charge is 0.490 e. The molecule has 0 bridgehead atoms. The highest BCUT2D eigenvalue weighted by Crippen LogP contribution is 2.24. The van der Waals surface area contributed by atoms with Crippen molar-refractivity contribution in [3.8, 4) is 5.75 Å². The van der Waals surface area contributed by atoms with E-state index in [1.165, 1.54) is 7.11 Å². The third-order valence-electron chi connectivity index (χ3n) is 3.50. The van der Waals surface area contributed by atoms with Crippen LogP contribution in [-0.4, -0.2) is 16.7 Å². The Balaban J connectivity index is 2.02. The number of anilines is 2. The van der Waals surface area contributed by atoms with E-state index >= 15 is 0 Å². The Morgan fingerprint density at radius 1 is 1.12 bits per heavy atom. The number of nitrogens with one attached hydrogen (secondary N) is 1. The Hall–Kier alpha value is -2.79. The summed E-state index contributed by atoms with van der Waals surface area (Å²) in [6.07, 6.45) is 1.64. The van der Waals surface area contributed by atoms with Crippen molar-refractivity contribution < 1.29 is 4.74 Å². The van der Waals surface area contributed by atoms with Crippen LogP contribution in [0.3, 0.4) is 0 Å². The Bertz CT molecular complexity index is 894. The molecular formula is C18H16ClN3O2. The zero-order chi connectivity index (χ0) is 16.9. The summed E-state index contributed by atoms with van der Waals surface area (Å²) in [6.45, 7) is 0.539. The predicted molar refractivity (Wildman–Crippen MR) is 95.3 cm³/mol. The van der Waals surface area contributed by atoms with Gasteiger partial charge < -0.3 is 14.6 Å². The number of methoxy groups -OCH3 is 1. The van der Waals surface area contributed by atoms with Crippen molar-refractivity contribution >= 4 is 23.2 Å². The molecule has 1 aromatic heterocycles. The van der Waals surface area contributed by atoms with E-state index in [0.717, 1.165) is 5.56 Å². The van der Waals surface area contributed by atoms with Crippen LogP contribution in [0.15, 0.2) is 65.6 Å². The summed E-state index contributed by atoms with van der Waals surface area (Å²) >= 11 is 6.18. The van der Waals surface area contributed by atoms with Gasteiger partial charge in [-0.25, -0.2) is 0 Å². The van der Waals surface area contributed by atoms with Crippen molar-refractivity contribution in [2.45, 2.75) is 6.54 Å². The van der Waals surface area contributed by atoms with Crippen molar-refractivity contribution in [3.05, 3.63) is 81.7 Å². The lowest BCUT2D eigenvalue weighted by Crippen LogP contribution is -2.18. The van der Waals surface area contributed by atoms with E-state index < -0.39 is 5.56 Å². The Morgan fingerprint density at radius 3 is 2.54 bits per heavy atom. The number of aromatic nitrogens is 2. The van der Waals surface area contributed by atoms with Crippen molar-refractivity contribution in [1.82, 2.24) is 9.55 Å². The molecule has 24 heavy (non-hydrogen) atoms. The van der Waals surface area contributed by atoms with Crippen LogP contribution in [0.1, 0.15) is 5.56 Å². The molecule has 0 fully saturated rings. The number of hydrogen-bond acceptors (Lipinski definition) is 4. The highest BCUT2D eigenvalue weighted by atomic mass is 35.5. The van der Waals surface area contributed by atoms with Crippen molar-refractivity contribution in [2.75, 3.05) is 12.4 Å². The molecule has 0 spiro atoms. The van der Waals surface area contributed by atoms with Gasteiger partial charge in [0.15, 0.2) is 0 Å². The minimum absolute atomic E-state index is 0.190. The molecule has 2 aromatic carbocycles. The van der Waals surface area contributed by atoms with Gasteiger partial charge in [0.1, 0.15) is 0 Å². The molecule has 1 N–H and O–H groups in total. The summed E-state index contributed by atoms with van der Waals surface area (Å²) in [7, 11) is 1.45. The summed E-state index contributed by atoms with van der Waals surface area (Å²) in [4.78, 5) is 16.1. The highest BCUT2D eigenvalue weighted by molar-refractivity contribution is 6.33. The maximum absolute atomic E-state index is 12.0. The lowest BCUT2D eigenvalue weighted by molar-refractivity contribution is 0.402. The fourth-order valence-electron chi connectivity index (χ4n) is 2.30. The number of ether oxygens (including phenoxy) is 1. The van der Waals surface area contributed by atoms with Crippen LogP contribution in [0.4, 0.5) is 11.6 Å². The van der Waals surface area contributed by atoms with Crippen LogP contribution in [0.25, 0.3) is 0 Å². The van der Waals surface area contributed by atoms with Crippen LogP contribution in [-0.2, 0) is 6.54 Å². The van der Waals surface area contributed by atoms with Gasteiger partial charge in [-0.15, -0.1) is 0 Å². The molecule has 122 valence electrons. The van der Waals surface area contributed by atoms with Crippen LogP contribution in [0.2, 0.25) is 5.02 Å². The molecule has 0 amide bonds. The fourth-order valence-corrected chi connectivity index (χ4v) is 2.48. The lowest BCUT2D eigenvalue weighted by atomic mass is 10.2. The molecule has 0 unspecified atom stereocenters. The van der Waals surface area contributed by atoms with Crippen molar-refractivity contribution in [2.24, 2.45) is 0 Å². The number of para-hydroxylation sites is 1. The van der Waals surface area contributed by atoms with Crippen molar-refractivity contribution in [1.29, 1.82) is 0 Å². The molecule has 6 heteroatoms. The van der Waals surface area contributed by atoms with E-state index in [9.17, 15) is 4.79 Å². The smallest absolute Gasteiger partial charge is 0.316 e. The van der Waals surface area contributed by atoms with Crippen molar-refractivity contribution in [3.63, 3.8) is 0 Å². The molecule has 0 aliphatic rings. The molecule has 3 aromatic rings. The summed E-state index contributed by atoms with van der Waals surface area (Å²) in [5.41, 5.74) is 1.32. The maximum atomic E-state index is 12.0. The van der Waals surface area contributed by atoms with E-state index in [0.29, 0.717) is 23.2 Å². The zero-order valence-electron chi connectivity index (χ0n) is 13.1. The first-order chi connectivity index (χ1) is 11.7. The first-order valence-corrected chi connectivity index (χ1v) is 7.76. The molecule has 0 aliphatic heterocycles. The standard InChI is InChI=1S/C18H16ClN3O2/c1-24-16-12-22(11-13-7-3-2-4-8-13)18(21-17(16)23)20-15-10-6-5-9-14(15)19/h2-10,12H,11H2,1H3,(H,20,21,23). The third-order valence-corrected chi connectivity index (χ3v) is 3.83. The minimum Gasteiger partial charge on any atom is -0.490 e. The molecule has 3 rings (SSSR count). The van der Waals surface area contributed by atoms with E-state index in [4.69, 9.17) is 16.3 Å². The zero-order valence-corrected chi connectivity index (χ0v) is 13.8. The number of nitrogens with zero attached hydrogens (tertiary/aromatic N) is 2. The average molecular weight is 342 g/mol. The van der Waals surface area contributed by atoms with Crippen LogP contribution in [0, 0.1) is 0 Å². The fraction of sp³-hybridized carbons (Fsp3) is 0.111. The van der Waals surface area contributed by atoms with E-state index in [1.807, 2.05) is 53.1 Å². The second kappa shape index (κ2) is 7.19. The van der Waals surface area contributed by atoms with Gasteiger partial charge in [-0.05, 0) is 17.7 Å². The van der Waals surface area contributed by atoms with Crippen LogP contribution in [0.5, 0.6) is 5.75 Å². The normalized spacial score (nSPS) is 10.4. The second-order valence-electron chi connectivity index (χ2n) is 5.16. The maximum Gasteiger partial charge on any atom is 0.316 e. The van der Waals surface area contributed by atoms with Gasteiger partial charge in [0.25, 0.3) is 0 Å². The number of rotatable bonds is 5. The summed E-state index contributed by atoms with van der Waals surface area (Å²) in [6, 6.07) is 17.2. The molecule has 0 saturated heterocycles. The molecule has 0 atom stereocenters. The third kappa shape index (κ3) is 3.58. The Morgan fingerprint density at radius 2 is 1.83 bits per heavy atom. The van der Waals surface area contributed by atoms with Crippen LogP contribution < -0.4 is 15.6 Å². The number of hydrogen-bond donors (Lipinski definition) is 1. The van der Waals surface area contributed by atoms with Gasteiger partial charge in [-0.3, -0.25) is 4.79 Å². The van der Waals surface area contributed by atoms with Gasteiger partial charge in [-0.1, -0.05) is 54.1 Å². The quantitative estimate of drug-likeness (QED) is 0.768.